The molecule has 1 saturated heterocycles. The number of carboxylic acid groups (broad SMARTS) is 2. The number of pyridine rings is 1. The van der Waals surface area contributed by atoms with E-state index in [1.807, 2.05) is 26.0 Å². The Kier molecular flexibility index (Phi) is 11.9. The number of aryl methyl sites for hydroxylation is 2. The molecule has 3 atom stereocenters. The van der Waals surface area contributed by atoms with E-state index in [-0.39, 0.29) is 17.4 Å². The van der Waals surface area contributed by atoms with E-state index in [1.165, 1.54) is 40.2 Å². The SMILES string of the molecule is Cc1cc(SCC2=C(C(=O)O)N3C(=O)[C@H](NC(=O)CSc4cc(Cl)ccc4Cl)[C@H]3SC2)cc(C)[n+]1CCCC[C@H](N)C(=O)O. The molecule has 0 saturated carbocycles. The smallest absolute Gasteiger partial charge is 0.352 e. The number of thioether (sulfide) groups is 3. The number of nitrogens with two attached hydrogens (primary N) is 1. The van der Waals surface area contributed by atoms with Gasteiger partial charge in [0.2, 0.25) is 5.91 Å². The molecule has 1 fully saturated rings. The third-order valence-electron chi connectivity index (χ3n) is 7.25. The average molecular weight is 701 g/mol. The van der Waals surface area contributed by atoms with E-state index < -0.39 is 35.3 Å². The Morgan fingerprint density at radius 2 is 1.84 bits per heavy atom. The first kappa shape index (κ1) is 34.5. The minimum absolute atomic E-state index is 0.0177. The van der Waals surface area contributed by atoms with Gasteiger partial charge >= 0.3 is 11.9 Å². The lowest BCUT2D eigenvalue weighted by molar-refractivity contribution is -0.709. The van der Waals surface area contributed by atoms with Gasteiger partial charge in [0.05, 0.1) is 10.8 Å². The maximum atomic E-state index is 13.1. The summed E-state index contributed by atoms with van der Waals surface area (Å²) in [4.78, 5) is 51.8. The summed E-state index contributed by atoms with van der Waals surface area (Å²) >= 11 is 16.3. The average Bonchev–Trinajstić information content (AvgIpc) is 2.97. The Hall–Kier alpha value is -2.42. The predicted molar refractivity (Wildman–Crippen MR) is 173 cm³/mol. The highest BCUT2D eigenvalue weighted by Gasteiger charge is 2.54. The normalized spacial score (nSPS) is 18.5. The summed E-state index contributed by atoms with van der Waals surface area (Å²) in [5, 5.41) is 22.2. The second-order valence-electron chi connectivity index (χ2n) is 10.4. The van der Waals surface area contributed by atoms with Crippen LogP contribution >= 0.6 is 58.5 Å². The number of β-lactam (4-membered cyclic amide) rings is 1. The van der Waals surface area contributed by atoms with E-state index in [0.29, 0.717) is 44.9 Å². The molecule has 1 aromatic heterocycles. The summed E-state index contributed by atoms with van der Waals surface area (Å²) < 4.78 is 2.16. The molecule has 0 radical (unpaired) electrons. The van der Waals surface area contributed by atoms with Gasteiger partial charge in [0, 0.05) is 58.7 Å². The van der Waals surface area contributed by atoms with Crippen molar-refractivity contribution in [3.8, 4) is 0 Å². The number of aliphatic carboxylic acids is 2. The zero-order valence-electron chi connectivity index (χ0n) is 24.0. The lowest BCUT2D eigenvalue weighted by atomic mass is 10.0. The van der Waals surface area contributed by atoms with Gasteiger partial charge < -0.3 is 21.3 Å². The first-order valence-electron chi connectivity index (χ1n) is 13.8. The summed E-state index contributed by atoms with van der Waals surface area (Å²) in [7, 11) is 0. The quantitative estimate of drug-likeness (QED) is 0.0981. The van der Waals surface area contributed by atoms with Crippen LogP contribution in [0.5, 0.6) is 0 Å². The highest BCUT2D eigenvalue weighted by molar-refractivity contribution is 8.01. The molecule has 3 heterocycles. The molecule has 0 bridgehead atoms. The molecule has 0 unspecified atom stereocenters. The third kappa shape index (κ3) is 8.24. The molecule has 5 N–H and O–H groups in total. The molecule has 2 amide bonds. The Balaban J connectivity index is 1.34. The van der Waals surface area contributed by atoms with Crippen LogP contribution in [0.3, 0.4) is 0 Å². The van der Waals surface area contributed by atoms with Gasteiger partial charge in [-0.25, -0.2) is 9.36 Å². The van der Waals surface area contributed by atoms with Crippen LogP contribution in [0, 0.1) is 13.8 Å². The number of halogens is 2. The molecule has 2 aromatic rings. The number of benzene rings is 1. The van der Waals surface area contributed by atoms with Gasteiger partial charge in [-0.15, -0.1) is 35.3 Å². The van der Waals surface area contributed by atoms with Gasteiger partial charge in [-0.05, 0) is 36.6 Å². The molecule has 10 nitrogen and oxygen atoms in total. The number of amides is 2. The molecule has 2 aliphatic heterocycles. The summed E-state index contributed by atoms with van der Waals surface area (Å²) in [6.45, 7) is 4.74. The van der Waals surface area contributed by atoms with E-state index in [9.17, 15) is 24.3 Å². The number of carbonyl (C=O) groups is 4. The third-order valence-corrected chi connectivity index (χ3v) is 11.4. The van der Waals surface area contributed by atoms with Crippen molar-refractivity contribution in [3.63, 3.8) is 0 Å². The van der Waals surface area contributed by atoms with Crippen LogP contribution in [-0.4, -0.2) is 73.6 Å². The monoisotopic (exact) mass is 699 g/mol. The summed E-state index contributed by atoms with van der Waals surface area (Å²) in [5.74, 6) is -2.12. The van der Waals surface area contributed by atoms with E-state index in [0.717, 1.165) is 29.2 Å². The summed E-state index contributed by atoms with van der Waals surface area (Å²) in [5.41, 5.74) is 8.29. The van der Waals surface area contributed by atoms with Crippen LogP contribution in [0.25, 0.3) is 0 Å². The molecule has 0 spiro atoms. The van der Waals surface area contributed by atoms with Crippen molar-refractivity contribution >= 4 is 82.2 Å². The lowest BCUT2D eigenvalue weighted by Crippen LogP contribution is -2.70. The van der Waals surface area contributed by atoms with E-state index in [2.05, 4.69) is 9.88 Å². The highest BCUT2D eigenvalue weighted by Crippen LogP contribution is 2.42. The van der Waals surface area contributed by atoms with E-state index >= 15 is 0 Å². The van der Waals surface area contributed by atoms with Crippen LogP contribution in [0.1, 0.15) is 30.7 Å². The zero-order chi connectivity index (χ0) is 32.1. The largest absolute Gasteiger partial charge is 0.480 e. The number of hydrogen-bond donors (Lipinski definition) is 4. The van der Waals surface area contributed by atoms with Gasteiger partial charge in [0.25, 0.3) is 5.91 Å². The number of nitrogens with zero attached hydrogens (tertiary/aromatic N) is 2. The maximum Gasteiger partial charge on any atom is 0.352 e. The fraction of sp³-hybridized carbons (Fsp3) is 0.414. The maximum absolute atomic E-state index is 13.1. The Morgan fingerprint density at radius 3 is 2.50 bits per heavy atom. The van der Waals surface area contributed by atoms with Crippen molar-refractivity contribution in [3.05, 3.63) is 63.0 Å². The second-order valence-corrected chi connectivity index (χ2v) is 14.4. The van der Waals surface area contributed by atoms with Crippen molar-refractivity contribution in [1.29, 1.82) is 0 Å². The van der Waals surface area contributed by atoms with Gasteiger partial charge in [-0.3, -0.25) is 19.3 Å². The van der Waals surface area contributed by atoms with Crippen molar-refractivity contribution in [1.82, 2.24) is 10.2 Å². The van der Waals surface area contributed by atoms with Crippen LogP contribution in [0.15, 0.2) is 51.4 Å². The minimum atomic E-state index is -1.17. The highest BCUT2D eigenvalue weighted by atomic mass is 35.5. The first-order chi connectivity index (χ1) is 20.9. The number of aromatic nitrogens is 1. The topological polar surface area (TPSA) is 154 Å². The second kappa shape index (κ2) is 15.2. The van der Waals surface area contributed by atoms with Crippen molar-refractivity contribution < 1.29 is 34.0 Å². The number of hydrogen-bond acceptors (Lipinski definition) is 8. The van der Waals surface area contributed by atoms with Crippen LogP contribution in [-0.2, 0) is 25.7 Å². The molecule has 4 rings (SSSR count). The van der Waals surface area contributed by atoms with Crippen molar-refractivity contribution in [2.75, 3.05) is 17.3 Å². The van der Waals surface area contributed by atoms with Crippen molar-refractivity contribution in [2.24, 2.45) is 5.73 Å². The number of carbonyl (C=O) groups excluding carboxylic acids is 2. The van der Waals surface area contributed by atoms with Crippen molar-refractivity contribution in [2.45, 2.75) is 66.9 Å². The van der Waals surface area contributed by atoms with Gasteiger partial charge in [-0.2, -0.15) is 0 Å². The van der Waals surface area contributed by atoms with Crippen LogP contribution in [0.4, 0.5) is 0 Å². The van der Waals surface area contributed by atoms with Crippen LogP contribution in [0.2, 0.25) is 10.0 Å². The van der Waals surface area contributed by atoms with Gasteiger partial charge in [0.15, 0.2) is 11.4 Å². The molecule has 44 heavy (non-hydrogen) atoms. The number of carboxylic acids is 2. The Labute approximate surface area is 278 Å². The molecule has 0 aliphatic carbocycles. The van der Waals surface area contributed by atoms with E-state index in [1.54, 1.807) is 18.2 Å². The summed E-state index contributed by atoms with van der Waals surface area (Å²) in [6.07, 6.45) is 1.93. The minimum Gasteiger partial charge on any atom is -0.480 e. The molecule has 1 aromatic carbocycles. The first-order valence-corrected chi connectivity index (χ1v) is 17.5. The molecular weight excluding hydrogens is 667 g/mol. The fourth-order valence-corrected chi connectivity index (χ4v) is 8.86. The predicted octanol–water partition coefficient (Wildman–Crippen LogP) is 4.10. The number of fused-ring (bicyclic) bond motifs is 1. The Morgan fingerprint density at radius 1 is 1.14 bits per heavy atom. The number of rotatable bonds is 14. The molecule has 15 heteroatoms. The summed E-state index contributed by atoms with van der Waals surface area (Å²) in [6, 6.07) is 7.39. The number of unbranched alkanes of at least 4 members (excludes halogenated alkanes) is 1. The fourth-order valence-electron chi connectivity index (χ4n) is 4.99. The Bertz CT molecular complexity index is 1480. The van der Waals surface area contributed by atoms with Gasteiger partial charge in [0.1, 0.15) is 29.7 Å². The van der Waals surface area contributed by atoms with Gasteiger partial charge in [-0.1, -0.05) is 23.2 Å². The van der Waals surface area contributed by atoms with Crippen LogP contribution < -0.4 is 15.6 Å². The van der Waals surface area contributed by atoms with E-state index in [4.69, 9.17) is 34.0 Å². The molecule has 236 valence electrons. The standard InChI is InChI=1S/C29H32Cl2N4O6S3/c1-15-9-19(10-16(2)34(15)8-4-3-5-21(32)28(38)39)42-12-17-13-44-27-24(26(37)35(27)25(17)29(40)41)33-23(36)14-43-22-11-18(30)6-7-20(22)31/h6-7,9-11,21,24,27H,3-5,8,12-14,32H2,1-2H3,(H2-,33,36,38,39,40,41)/p+1/t21-,24-,27+/m0/s1. The molecular formula is C29H33Cl2N4O6S3+. The number of nitrogens with one attached hydrogen (secondary N) is 1. The zero-order valence-corrected chi connectivity index (χ0v) is 28.0. The molecule has 2 aliphatic rings. The lowest BCUT2D eigenvalue weighted by Gasteiger charge is -2.49.